The van der Waals surface area contributed by atoms with Crippen LogP contribution in [-0.2, 0) is 4.74 Å². The second kappa shape index (κ2) is 6.83. The summed E-state index contributed by atoms with van der Waals surface area (Å²) in [6, 6.07) is 1.51. The first-order chi connectivity index (χ1) is 8.08. The highest BCUT2D eigenvalue weighted by molar-refractivity contribution is 6.37. The van der Waals surface area contributed by atoms with Gasteiger partial charge in [-0.25, -0.2) is 10.8 Å². The van der Waals surface area contributed by atoms with Crippen molar-refractivity contribution in [1.82, 2.24) is 4.98 Å². The van der Waals surface area contributed by atoms with E-state index in [0.29, 0.717) is 21.7 Å². The number of halogens is 2. The summed E-state index contributed by atoms with van der Waals surface area (Å²) in [6.07, 6.45) is -0.650. The first-order valence-corrected chi connectivity index (χ1v) is 5.57. The summed E-state index contributed by atoms with van der Waals surface area (Å²) >= 11 is 11.8. The number of nitrogens with zero attached hydrogens (tertiary/aromatic N) is 1. The number of hydrogen-bond donors (Lipinski definition) is 4. The highest BCUT2D eigenvalue weighted by Crippen LogP contribution is 2.28. The van der Waals surface area contributed by atoms with E-state index in [0.717, 1.165) is 0 Å². The largest absolute Gasteiger partial charge is 0.389 e. The Bertz CT molecular complexity index is 378. The fourth-order valence-electron chi connectivity index (χ4n) is 1.16. The van der Waals surface area contributed by atoms with Crippen molar-refractivity contribution in [2.24, 2.45) is 5.84 Å². The molecule has 1 heterocycles. The summed E-state index contributed by atoms with van der Waals surface area (Å²) in [6.45, 7) is 0.479. The molecule has 6 nitrogen and oxygen atoms in total. The van der Waals surface area contributed by atoms with E-state index >= 15 is 0 Å². The average Bonchev–Trinajstić information content (AvgIpc) is 2.28. The third-order valence-electron chi connectivity index (χ3n) is 1.93. The van der Waals surface area contributed by atoms with Crippen molar-refractivity contribution in [3.05, 3.63) is 16.1 Å². The van der Waals surface area contributed by atoms with E-state index in [9.17, 15) is 5.11 Å². The zero-order chi connectivity index (χ0) is 12.8. The van der Waals surface area contributed by atoms with Crippen LogP contribution in [-0.4, -0.2) is 36.5 Å². The molecule has 0 aromatic carbocycles. The lowest BCUT2D eigenvalue weighted by molar-refractivity contribution is 0.0727. The van der Waals surface area contributed by atoms with Crippen molar-refractivity contribution >= 4 is 34.8 Å². The molecule has 0 fully saturated rings. The number of methoxy groups -OCH3 is 1. The van der Waals surface area contributed by atoms with Gasteiger partial charge in [0.1, 0.15) is 5.82 Å². The number of hydrogen-bond acceptors (Lipinski definition) is 6. The van der Waals surface area contributed by atoms with Crippen molar-refractivity contribution < 1.29 is 9.84 Å². The average molecular weight is 281 g/mol. The minimum Gasteiger partial charge on any atom is -0.389 e. The first-order valence-electron chi connectivity index (χ1n) is 4.82. The number of pyridine rings is 1. The smallest absolute Gasteiger partial charge is 0.161 e. The van der Waals surface area contributed by atoms with E-state index in [-0.39, 0.29) is 13.2 Å². The van der Waals surface area contributed by atoms with Crippen LogP contribution in [0.4, 0.5) is 11.6 Å². The van der Waals surface area contributed by atoms with Gasteiger partial charge in [0.25, 0.3) is 0 Å². The molecule has 17 heavy (non-hydrogen) atoms. The maximum absolute atomic E-state index is 9.46. The van der Waals surface area contributed by atoms with Gasteiger partial charge in [-0.05, 0) is 6.07 Å². The van der Waals surface area contributed by atoms with E-state index < -0.39 is 6.10 Å². The van der Waals surface area contributed by atoms with Crippen molar-refractivity contribution in [2.45, 2.75) is 6.10 Å². The van der Waals surface area contributed by atoms with Crippen molar-refractivity contribution in [2.75, 3.05) is 31.0 Å². The number of nitrogens with one attached hydrogen (secondary N) is 2. The molecule has 96 valence electrons. The van der Waals surface area contributed by atoms with Gasteiger partial charge in [0, 0.05) is 13.7 Å². The van der Waals surface area contributed by atoms with Gasteiger partial charge < -0.3 is 20.6 Å². The number of aromatic nitrogens is 1. The van der Waals surface area contributed by atoms with Gasteiger partial charge >= 0.3 is 0 Å². The maximum atomic E-state index is 9.46. The Morgan fingerprint density at radius 2 is 2.12 bits per heavy atom. The lowest BCUT2D eigenvalue weighted by atomic mass is 10.3. The Balaban J connectivity index is 2.70. The van der Waals surface area contributed by atoms with Gasteiger partial charge in [-0.15, -0.1) is 0 Å². The molecule has 1 unspecified atom stereocenters. The monoisotopic (exact) mass is 280 g/mol. The predicted molar refractivity (Wildman–Crippen MR) is 68.4 cm³/mol. The summed E-state index contributed by atoms with van der Waals surface area (Å²) < 4.78 is 4.79. The molecule has 0 radical (unpaired) electrons. The third-order valence-corrected chi connectivity index (χ3v) is 2.51. The molecule has 1 aromatic rings. The standard InChI is InChI=1S/C9H14Cl2N4O2/c1-17-4-5(16)3-13-8-6(10)2-7(11)9(14-8)15-12/h2,5,16H,3-4,12H2,1H3,(H2,13,14,15). The van der Waals surface area contributed by atoms with Crippen LogP contribution in [0.5, 0.6) is 0 Å². The number of nitrogens with two attached hydrogens (primary N) is 1. The second-order valence-electron chi connectivity index (χ2n) is 3.28. The van der Waals surface area contributed by atoms with Gasteiger partial charge in [-0.3, -0.25) is 0 Å². The van der Waals surface area contributed by atoms with Crippen LogP contribution in [0.1, 0.15) is 0 Å². The number of nitrogen functional groups attached to an aromatic ring is 1. The second-order valence-corrected chi connectivity index (χ2v) is 4.10. The Kier molecular flexibility index (Phi) is 5.73. The molecular formula is C9H14Cl2N4O2. The maximum Gasteiger partial charge on any atom is 0.161 e. The van der Waals surface area contributed by atoms with Gasteiger partial charge in [0.2, 0.25) is 0 Å². The van der Waals surface area contributed by atoms with E-state index in [1.165, 1.54) is 13.2 Å². The number of aliphatic hydroxyl groups excluding tert-OH is 1. The van der Waals surface area contributed by atoms with E-state index in [1.807, 2.05) is 0 Å². The Morgan fingerprint density at radius 1 is 1.47 bits per heavy atom. The molecule has 0 aliphatic carbocycles. The van der Waals surface area contributed by atoms with Crippen LogP contribution in [0.3, 0.4) is 0 Å². The number of anilines is 2. The van der Waals surface area contributed by atoms with E-state index in [4.69, 9.17) is 33.8 Å². The van der Waals surface area contributed by atoms with Crippen LogP contribution in [0, 0.1) is 0 Å². The molecule has 1 atom stereocenters. The molecule has 0 amide bonds. The van der Waals surface area contributed by atoms with Crippen LogP contribution in [0.25, 0.3) is 0 Å². The minimum absolute atomic E-state index is 0.222. The topological polar surface area (TPSA) is 92.4 Å². The number of aliphatic hydroxyl groups is 1. The van der Waals surface area contributed by atoms with Crippen LogP contribution in [0.15, 0.2) is 6.07 Å². The Morgan fingerprint density at radius 3 is 2.71 bits per heavy atom. The van der Waals surface area contributed by atoms with Crippen LogP contribution >= 0.6 is 23.2 Å². The molecule has 0 spiro atoms. The molecule has 5 N–H and O–H groups in total. The number of hydrazine groups is 1. The fourth-order valence-corrected chi connectivity index (χ4v) is 1.64. The third kappa shape index (κ3) is 4.18. The van der Waals surface area contributed by atoms with Gasteiger partial charge in [0.15, 0.2) is 5.82 Å². The molecule has 0 saturated heterocycles. The summed E-state index contributed by atoms with van der Waals surface area (Å²) in [5.41, 5.74) is 2.35. The zero-order valence-electron chi connectivity index (χ0n) is 9.20. The summed E-state index contributed by atoms with van der Waals surface area (Å²) in [5.74, 6) is 5.93. The molecule has 8 heteroatoms. The minimum atomic E-state index is -0.650. The quantitative estimate of drug-likeness (QED) is 0.461. The lowest BCUT2D eigenvalue weighted by Crippen LogP contribution is -2.24. The van der Waals surface area contributed by atoms with Crippen LogP contribution in [0.2, 0.25) is 10.0 Å². The Hall–Kier alpha value is -0.790. The molecule has 0 saturated carbocycles. The molecule has 0 aliphatic rings. The molecular weight excluding hydrogens is 267 g/mol. The van der Waals surface area contributed by atoms with E-state index in [1.54, 1.807) is 0 Å². The van der Waals surface area contributed by atoms with Crippen LogP contribution < -0.4 is 16.6 Å². The predicted octanol–water partition coefficient (Wildman–Crippen LogP) is 1.09. The van der Waals surface area contributed by atoms with Crippen molar-refractivity contribution in [1.29, 1.82) is 0 Å². The van der Waals surface area contributed by atoms with Gasteiger partial charge in [-0.1, -0.05) is 23.2 Å². The molecule has 0 bridgehead atoms. The molecule has 1 aromatic heterocycles. The highest BCUT2D eigenvalue weighted by atomic mass is 35.5. The summed E-state index contributed by atoms with van der Waals surface area (Å²) in [5, 5.41) is 13.0. The molecule has 0 aliphatic heterocycles. The highest BCUT2D eigenvalue weighted by Gasteiger charge is 2.10. The van der Waals surface area contributed by atoms with Crippen molar-refractivity contribution in [3.63, 3.8) is 0 Å². The summed E-state index contributed by atoms with van der Waals surface area (Å²) in [7, 11) is 1.51. The van der Waals surface area contributed by atoms with Gasteiger partial charge in [0.05, 0.1) is 22.8 Å². The number of ether oxygens (including phenoxy) is 1. The fraction of sp³-hybridized carbons (Fsp3) is 0.444. The van der Waals surface area contributed by atoms with Crippen molar-refractivity contribution in [3.8, 4) is 0 Å². The summed E-state index contributed by atoms with van der Waals surface area (Å²) in [4.78, 5) is 4.06. The zero-order valence-corrected chi connectivity index (χ0v) is 10.7. The SMILES string of the molecule is COCC(O)CNc1nc(NN)c(Cl)cc1Cl. The van der Waals surface area contributed by atoms with Gasteiger partial charge in [-0.2, -0.15) is 0 Å². The number of rotatable bonds is 6. The normalized spacial score (nSPS) is 12.3. The van der Waals surface area contributed by atoms with E-state index in [2.05, 4.69) is 15.7 Å². The first kappa shape index (κ1) is 14.3. The Labute approximate surface area is 109 Å². The lowest BCUT2D eigenvalue weighted by Gasteiger charge is -2.13. The molecule has 1 rings (SSSR count).